The molecule has 3 aromatic rings. The molecule has 6 heteroatoms. The Bertz CT molecular complexity index is 1180. The maximum absolute atomic E-state index is 13.1. The molecule has 1 N–H and O–H groups in total. The molecule has 1 atom stereocenters. The number of anilines is 1. The van der Waals surface area contributed by atoms with Crippen LogP contribution < -0.4 is 10.9 Å². The third kappa shape index (κ3) is 3.92. The van der Waals surface area contributed by atoms with Gasteiger partial charge in [0.25, 0.3) is 5.56 Å². The Hall–Kier alpha value is -2.86. The fourth-order valence-electron chi connectivity index (χ4n) is 3.98. The monoisotopic (exact) mass is 419 g/mol. The number of fused-ring (bicyclic) bond motifs is 1. The summed E-state index contributed by atoms with van der Waals surface area (Å²) in [5, 5.41) is 3.51. The minimum atomic E-state index is -0.281. The lowest BCUT2D eigenvalue weighted by Gasteiger charge is -2.28. The van der Waals surface area contributed by atoms with Crippen molar-refractivity contribution in [3.63, 3.8) is 0 Å². The maximum Gasteiger partial charge on any atom is 0.279 e. The highest BCUT2D eigenvalue weighted by molar-refractivity contribution is 7.98. The highest BCUT2D eigenvalue weighted by atomic mass is 32.2. The summed E-state index contributed by atoms with van der Waals surface area (Å²) < 4.78 is 1.84. The van der Waals surface area contributed by atoms with Gasteiger partial charge in [0.05, 0.1) is 5.56 Å². The Morgan fingerprint density at radius 1 is 1.07 bits per heavy atom. The van der Waals surface area contributed by atoms with Gasteiger partial charge in [-0.05, 0) is 37.5 Å². The van der Waals surface area contributed by atoms with Gasteiger partial charge in [-0.1, -0.05) is 65.4 Å². The van der Waals surface area contributed by atoms with Crippen molar-refractivity contribution in [3.8, 4) is 0 Å². The number of aromatic nitrogens is 2. The van der Waals surface area contributed by atoms with Gasteiger partial charge in [0, 0.05) is 25.1 Å². The smallest absolute Gasteiger partial charge is 0.279 e. The lowest BCUT2D eigenvalue weighted by atomic mass is 9.84. The van der Waals surface area contributed by atoms with Crippen LogP contribution in [0.3, 0.4) is 0 Å². The summed E-state index contributed by atoms with van der Waals surface area (Å²) in [4.78, 5) is 30.0. The zero-order valence-electron chi connectivity index (χ0n) is 17.7. The van der Waals surface area contributed by atoms with Crippen LogP contribution in [0, 0.1) is 20.8 Å². The molecule has 0 saturated heterocycles. The fourth-order valence-corrected chi connectivity index (χ4v) is 4.90. The van der Waals surface area contributed by atoms with E-state index in [1.165, 1.54) is 17.3 Å². The largest absolute Gasteiger partial charge is 0.312 e. The summed E-state index contributed by atoms with van der Waals surface area (Å²) in [6, 6.07) is 14.4. The van der Waals surface area contributed by atoms with Gasteiger partial charge < -0.3 is 9.88 Å². The molecule has 0 saturated carbocycles. The van der Waals surface area contributed by atoms with E-state index in [-0.39, 0.29) is 23.8 Å². The van der Waals surface area contributed by atoms with E-state index in [0.717, 1.165) is 22.3 Å². The van der Waals surface area contributed by atoms with Crippen molar-refractivity contribution < 1.29 is 4.79 Å². The first kappa shape index (κ1) is 20.4. The predicted molar refractivity (Wildman–Crippen MR) is 121 cm³/mol. The number of carbonyl (C=O) groups is 1. The van der Waals surface area contributed by atoms with Crippen LogP contribution in [-0.4, -0.2) is 15.5 Å². The van der Waals surface area contributed by atoms with Crippen molar-refractivity contribution >= 4 is 23.5 Å². The Morgan fingerprint density at radius 3 is 2.47 bits per heavy atom. The second-order valence-electron chi connectivity index (χ2n) is 7.96. The molecule has 0 bridgehead atoms. The number of thioether (sulfide) groups is 1. The Morgan fingerprint density at radius 2 is 1.77 bits per heavy atom. The van der Waals surface area contributed by atoms with Gasteiger partial charge in [0.15, 0.2) is 5.16 Å². The summed E-state index contributed by atoms with van der Waals surface area (Å²) in [5.74, 6) is 0.899. The topological polar surface area (TPSA) is 64.0 Å². The normalized spacial score (nSPS) is 15.6. The molecule has 4 rings (SSSR count). The van der Waals surface area contributed by atoms with E-state index in [0.29, 0.717) is 22.3 Å². The van der Waals surface area contributed by atoms with Crippen LogP contribution >= 0.6 is 11.8 Å². The number of hydrogen-bond donors (Lipinski definition) is 1. The number of rotatable bonds is 4. The lowest BCUT2D eigenvalue weighted by Crippen LogP contribution is -2.33. The Kier molecular flexibility index (Phi) is 5.52. The van der Waals surface area contributed by atoms with Gasteiger partial charge in [-0.15, -0.1) is 0 Å². The zero-order valence-corrected chi connectivity index (χ0v) is 18.5. The van der Waals surface area contributed by atoms with Gasteiger partial charge in [-0.25, -0.2) is 0 Å². The van der Waals surface area contributed by atoms with Crippen LogP contribution in [0.5, 0.6) is 0 Å². The molecule has 0 fully saturated rings. The van der Waals surface area contributed by atoms with Crippen LogP contribution in [0.1, 0.15) is 45.7 Å². The van der Waals surface area contributed by atoms with Crippen LogP contribution in [-0.2, 0) is 17.6 Å². The number of hydrogen-bond acceptors (Lipinski definition) is 4. The van der Waals surface area contributed by atoms with Crippen molar-refractivity contribution in [2.24, 2.45) is 7.05 Å². The van der Waals surface area contributed by atoms with Crippen molar-refractivity contribution in [1.29, 1.82) is 0 Å². The number of nitrogens with zero attached hydrogens (tertiary/aromatic N) is 2. The molecule has 2 heterocycles. The van der Waals surface area contributed by atoms with E-state index < -0.39 is 0 Å². The van der Waals surface area contributed by atoms with Crippen LogP contribution in [0.4, 0.5) is 5.82 Å². The molecule has 1 aromatic heterocycles. The summed E-state index contributed by atoms with van der Waals surface area (Å²) in [5.41, 5.74) is 5.93. The van der Waals surface area contributed by atoms with E-state index in [4.69, 9.17) is 0 Å². The first-order chi connectivity index (χ1) is 14.3. The molecule has 30 heavy (non-hydrogen) atoms. The molecule has 0 radical (unpaired) electrons. The average Bonchev–Trinajstić information content (AvgIpc) is 2.70. The summed E-state index contributed by atoms with van der Waals surface area (Å²) in [6.45, 7) is 6.12. The fraction of sp³-hybridized carbons (Fsp3) is 0.292. The number of amides is 1. The van der Waals surface area contributed by atoms with Crippen molar-refractivity contribution in [2.45, 2.75) is 44.0 Å². The number of benzene rings is 2. The van der Waals surface area contributed by atoms with Crippen molar-refractivity contribution in [3.05, 3.63) is 86.2 Å². The summed E-state index contributed by atoms with van der Waals surface area (Å²) in [6.07, 6.45) is 0.254. The second kappa shape index (κ2) is 8.11. The molecule has 0 unspecified atom stereocenters. The third-order valence-corrected chi connectivity index (χ3v) is 6.69. The number of carbonyl (C=O) groups excluding carboxylic acids is 1. The molecule has 1 amide bonds. The number of nitrogens with one attached hydrogen (secondary N) is 1. The molecule has 1 aliphatic rings. The van der Waals surface area contributed by atoms with E-state index in [2.05, 4.69) is 47.6 Å². The number of aryl methyl sites for hydroxylation is 3. The van der Waals surface area contributed by atoms with E-state index >= 15 is 0 Å². The zero-order chi connectivity index (χ0) is 21.4. The van der Waals surface area contributed by atoms with E-state index in [1.807, 2.05) is 37.6 Å². The third-order valence-electron chi connectivity index (χ3n) is 5.59. The molecular formula is C24H25N3O2S. The molecule has 0 spiro atoms. The highest BCUT2D eigenvalue weighted by Crippen LogP contribution is 2.37. The predicted octanol–water partition coefficient (Wildman–Crippen LogP) is 4.47. The highest BCUT2D eigenvalue weighted by Gasteiger charge is 2.32. The van der Waals surface area contributed by atoms with E-state index in [1.54, 1.807) is 0 Å². The average molecular weight is 420 g/mol. The Labute approximate surface area is 180 Å². The minimum absolute atomic E-state index is 0.0804. The Balaban J connectivity index is 1.72. The van der Waals surface area contributed by atoms with Gasteiger partial charge in [-0.2, -0.15) is 4.98 Å². The van der Waals surface area contributed by atoms with Crippen LogP contribution in [0.15, 0.2) is 52.4 Å². The minimum Gasteiger partial charge on any atom is -0.312 e. The van der Waals surface area contributed by atoms with Gasteiger partial charge in [0.2, 0.25) is 5.91 Å². The SMILES string of the molecule is Cc1ccc(CSc2nc(=O)c3c(n2C)NC(=O)C[C@H]3c2ccc(C)cc2C)cc1. The van der Waals surface area contributed by atoms with Crippen molar-refractivity contribution in [2.75, 3.05) is 5.32 Å². The quantitative estimate of drug-likeness (QED) is 0.501. The maximum atomic E-state index is 13.1. The van der Waals surface area contributed by atoms with Crippen molar-refractivity contribution in [1.82, 2.24) is 9.55 Å². The molecule has 5 nitrogen and oxygen atoms in total. The van der Waals surface area contributed by atoms with Gasteiger partial charge in [0.1, 0.15) is 5.82 Å². The van der Waals surface area contributed by atoms with Gasteiger partial charge in [-0.3, -0.25) is 9.59 Å². The molecule has 154 valence electrons. The summed E-state index contributed by atoms with van der Waals surface area (Å²) >= 11 is 1.50. The first-order valence-electron chi connectivity index (χ1n) is 9.99. The molecule has 2 aromatic carbocycles. The standard InChI is InChI=1S/C24H25N3O2S/c1-14-5-8-17(9-6-14)13-30-24-26-23(29)21-19(12-20(28)25-22(21)27(24)4)18-10-7-15(2)11-16(18)3/h5-11,19H,12-13H2,1-4H3,(H,25,28)/t19-/m0/s1. The molecular weight excluding hydrogens is 394 g/mol. The van der Waals surface area contributed by atoms with Crippen LogP contribution in [0.2, 0.25) is 0 Å². The lowest BCUT2D eigenvalue weighted by molar-refractivity contribution is -0.116. The summed E-state index contributed by atoms with van der Waals surface area (Å²) in [7, 11) is 1.85. The first-order valence-corrected chi connectivity index (χ1v) is 11.0. The van der Waals surface area contributed by atoms with Crippen LogP contribution in [0.25, 0.3) is 0 Å². The van der Waals surface area contributed by atoms with E-state index in [9.17, 15) is 9.59 Å². The van der Waals surface area contributed by atoms with Gasteiger partial charge >= 0.3 is 0 Å². The molecule has 1 aliphatic heterocycles. The molecule has 0 aliphatic carbocycles. The second-order valence-corrected chi connectivity index (χ2v) is 8.90.